The van der Waals surface area contributed by atoms with E-state index in [2.05, 4.69) is 35.4 Å². The third-order valence-corrected chi connectivity index (χ3v) is 4.40. The lowest BCUT2D eigenvalue weighted by Gasteiger charge is -2.38. The lowest BCUT2D eigenvalue weighted by atomic mass is 9.75. The minimum absolute atomic E-state index is 0.362. The predicted octanol–water partition coefficient (Wildman–Crippen LogP) is 3.69. The molecule has 110 valence electrons. The number of rotatable bonds is 5. The first-order valence-electron chi connectivity index (χ1n) is 7.56. The Morgan fingerprint density at radius 3 is 2.57 bits per heavy atom. The number of aromatic nitrogens is 1. The van der Waals surface area contributed by atoms with Gasteiger partial charge in [0, 0.05) is 24.5 Å². The maximum absolute atomic E-state index is 5.21. The SMILES string of the molecule is COc1ccc(C2CC(N[C@H](C)c3cccnc3)C2)cc1. The van der Waals surface area contributed by atoms with Gasteiger partial charge in [-0.1, -0.05) is 18.2 Å². The fraction of sp³-hybridized carbons (Fsp3) is 0.389. The van der Waals surface area contributed by atoms with Gasteiger partial charge in [0.15, 0.2) is 0 Å². The number of pyridine rings is 1. The van der Waals surface area contributed by atoms with Crippen molar-refractivity contribution in [2.75, 3.05) is 7.11 Å². The van der Waals surface area contributed by atoms with Gasteiger partial charge in [0.05, 0.1) is 7.11 Å². The molecule has 3 rings (SSSR count). The maximum atomic E-state index is 5.21. The van der Waals surface area contributed by atoms with E-state index in [1.54, 1.807) is 7.11 Å². The van der Waals surface area contributed by atoms with Crippen LogP contribution in [-0.4, -0.2) is 18.1 Å². The molecular weight excluding hydrogens is 260 g/mol. The van der Waals surface area contributed by atoms with E-state index in [1.165, 1.54) is 24.0 Å². The van der Waals surface area contributed by atoms with E-state index in [1.807, 2.05) is 30.6 Å². The number of hydrogen-bond donors (Lipinski definition) is 1. The van der Waals surface area contributed by atoms with Gasteiger partial charge in [-0.05, 0) is 55.0 Å². The van der Waals surface area contributed by atoms with Crippen molar-refractivity contribution in [3.05, 3.63) is 59.9 Å². The lowest BCUT2D eigenvalue weighted by Crippen LogP contribution is -2.41. The molecule has 1 aliphatic rings. The Morgan fingerprint density at radius 2 is 1.95 bits per heavy atom. The summed E-state index contributed by atoms with van der Waals surface area (Å²) in [5, 5.41) is 3.69. The standard InChI is InChI=1S/C18H22N2O/c1-13(15-4-3-9-19-12-15)20-17-10-16(11-17)14-5-7-18(21-2)8-6-14/h3-9,12-13,16-17,20H,10-11H2,1-2H3/t13-,16?,17?/m1/s1. The van der Waals surface area contributed by atoms with Gasteiger partial charge in [-0.15, -0.1) is 0 Å². The van der Waals surface area contributed by atoms with Crippen molar-refractivity contribution in [3.63, 3.8) is 0 Å². The monoisotopic (exact) mass is 282 g/mol. The van der Waals surface area contributed by atoms with Crippen LogP contribution in [0.15, 0.2) is 48.8 Å². The van der Waals surface area contributed by atoms with Crippen molar-refractivity contribution in [2.45, 2.75) is 37.8 Å². The zero-order valence-electron chi connectivity index (χ0n) is 12.6. The molecule has 3 heteroatoms. The van der Waals surface area contributed by atoms with Gasteiger partial charge in [-0.3, -0.25) is 4.98 Å². The zero-order valence-corrected chi connectivity index (χ0v) is 12.6. The molecular formula is C18H22N2O. The number of nitrogens with zero attached hydrogens (tertiary/aromatic N) is 1. The first-order valence-corrected chi connectivity index (χ1v) is 7.56. The average molecular weight is 282 g/mol. The molecule has 2 aromatic rings. The molecule has 21 heavy (non-hydrogen) atoms. The van der Waals surface area contributed by atoms with E-state index < -0.39 is 0 Å². The second kappa shape index (κ2) is 6.27. The summed E-state index contributed by atoms with van der Waals surface area (Å²) in [4.78, 5) is 4.18. The fourth-order valence-corrected chi connectivity index (χ4v) is 2.98. The number of nitrogens with one attached hydrogen (secondary N) is 1. The molecule has 1 N–H and O–H groups in total. The molecule has 1 aliphatic carbocycles. The highest BCUT2D eigenvalue weighted by atomic mass is 16.5. The van der Waals surface area contributed by atoms with Crippen molar-refractivity contribution in [1.82, 2.24) is 10.3 Å². The van der Waals surface area contributed by atoms with E-state index in [9.17, 15) is 0 Å². The van der Waals surface area contributed by atoms with Crippen LogP contribution in [0.5, 0.6) is 5.75 Å². The van der Waals surface area contributed by atoms with Gasteiger partial charge in [0.1, 0.15) is 5.75 Å². The molecule has 0 saturated heterocycles. The third kappa shape index (κ3) is 3.24. The minimum Gasteiger partial charge on any atom is -0.497 e. The van der Waals surface area contributed by atoms with Crippen molar-refractivity contribution >= 4 is 0 Å². The number of ether oxygens (including phenoxy) is 1. The van der Waals surface area contributed by atoms with Gasteiger partial charge in [-0.2, -0.15) is 0 Å². The Hall–Kier alpha value is -1.87. The summed E-state index contributed by atoms with van der Waals surface area (Å²) in [5.74, 6) is 1.60. The normalized spacial score (nSPS) is 22.4. The average Bonchev–Trinajstić information content (AvgIpc) is 2.51. The summed E-state index contributed by atoms with van der Waals surface area (Å²) in [6.07, 6.45) is 6.17. The smallest absolute Gasteiger partial charge is 0.118 e. The molecule has 1 heterocycles. The second-order valence-corrected chi connectivity index (χ2v) is 5.81. The van der Waals surface area contributed by atoms with Gasteiger partial charge in [0.2, 0.25) is 0 Å². The van der Waals surface area contributed by atoms with Crippen molar-refractivity contribution in [2.24, 2.45) is 0 Å². The van der Waals surface area contributed by atoms with Crippen molar-refractivity contribution < 1.29 is 4.74 Å². The molecule has 3 nitrogen and oxygen atoms in total. The van der Waals surface area contributed by atoms with E-state index in [-0.39, 0.29) is 0 Å². The summed E-state index contributed by atoms with van der Waals surface area (Å²) < 4.78 is 5.21. The zero-order chi connectivity index (χ0) is 14.7. The van der Waals surface area contributed by atoms with E-state index in [4.69, 9.17) is 4.74 Å². The summed E-state index contributed by atoms with van der Waals surface area (Å²) in [6.45, 7) is 2.21. The molecule has 0 amide bonds. The Labute approximate surface area is 126 Å². The molecule has 1 atom stereocenters. The molecule has 1 saturated carbocycles. The number of hydrogen-bond acceptors (Lipinski definition) is 3. The maximum Gasteiger partial charge on any atom is 0.118 e. The number of methoxy groups -OCH3 is 1. The van der Waals surface area contributed by atoms with Crippen LogP contribution < -0.4 is 10.1 Å². The van der Waals surface area contributed by atoms with E-state index >= 15 is 0 Å². The summed E-state index contributed by atoms with van der Waals surface area (Å²) in [5.41, 5.74) is 2.67. The lowest BCUT2D eigenvalue weighted by molar-refractivity contribution is 0.270. The van der Waals surface area contributed by atoms with Crippen LogP contribution in [0.3, 0.4) is 0 Å². The second-order valence-electron chi connectivity index (χ2n) is 5.81. The van der Waals surface area contributed by atoms with Gasteiger partial charge < -0.3 is 10.1 Å². The van der Waals surface area contributed by atoms with Gasteiger partial charge in [-0.25, -0.2) is 0 Å². The fourth-order valence-electron chi connectivity index (χ4n) is 2.98. The van der Waals surface area contributed by atoms with Crippen LogP contribution in [0.4, 0.5) is 0 Å². The van der Waals surface area contributed by atoms with Crippen LogP contribution in [0.1, 0.15) is 42.9 Å². The first kappa shape index (κ1) is 14.1. The highest BCUT2D eigenvalue weighted by molar-refractivity contribution is 5.31. The minimum atomic E-state index is 0.362. The summed E-state index contributed by atoms with van der Waals surface area (Å²) in [6, 6.07) is 13.6. The first-order chi connectivity index (χ1) is 10.3. The summed E-state index contributed by atoms with van der Waals surface area (Å²) in [7, 11) is 1.71. The highest BCUT2D eigenvalue weighted by Crippen LogP contribution is 2.38. The molecule has 0 unspecified atom stereocenters. The predicted molar refractivity (Wildman–Crippen MR) is 84.5 cm³/mol. The Kier molecular flexibility index (Phi) is 4.20. The van der Waals surface area contributed by atoms with E-state index in [0.29, 0.717) is 18.0 Å². The van der Waals surface area contributed by atoms with Crippen LogP contribution >= 0.6 is 0 Å². The Morgan fingerprint density at radius 1 is 1.19 bits per heavy atom. The molecule has 0 radical (unpaired) electrons. The molecule has 1 aromatic carbocycles. The van der Waals surface area contributed by atoms with Crippen LogP contribution in [-0.2, 0) is 0 Å². The van der Waals surface area contributed by atoms with Gasteiger partial charge >= 0.3 is 0 Å². The molecule has 0 aliphatic heterocycles. The summed E-state index contributed by atoms with van der Waals surface area (Å²) >= 11 is 0. The molecule has 1 fully saturated rings. The highest BCUT2D eigenvalue weighted by Gasteiger charge is 2.31. The van der Waals surface area contributed by atoms with Gasteiger partial charge in [0.25, 0.3) is 0 Å². The Balaban J connectivity index is 1.51. The molecule has 1 aromatic heterocycles. The third-order valence-electron chi connectivity index (χ3n) is 4.40. The van der Waals surface area contributed by atoms with Crippen molar-refractivity contribution in [3.8, 4) is 5.75 Å². The topological polar surface area (TPSA) is 34.1 Å². The molecule has 0 spiro atoms. The number of benzene rings is 1. The van der Waals surface area contributed by atoms with E-state index in [0.717, 1.165) is 5.75 Å². The van der Waals surface area contributed by atoms with Crippen LogP contribution in [0, 0.1) is 0 Å². The van der Waals surface area contributed by atoms with Crippen molar-refractivity contribution in [1.29, 1.82) is 0 Å². The largest absolute Gasteiger partial charge is 0.497 e. The molecule has 0 bridgehead atoms. The van der Waals surface area contributed by atoms with Crippen LogP contribution in [0.2, 0.25) is 0 Å². The quantitative estimate of drug-likeness (QED) is 0.908. The Bertz CT molecular complexity index is 562. The van der Waals surface area contributed by atoms with Crippen LogP contribution in [0.25, 0.3) is 0 Å².